The molecule has 1 heterocycles. The van der Waals surface area contributed by atoms with Crippen LogP contribution in [0.1, 0.15) is 0 Å². The van der Waals surface area contributed by atoms with Gasteiger partial charge in [0.05, 0.1) is 6.54 Å². The highest BCUT2D eigenvalue weighted by molar-refractivity contribution is 14.1. The molecular weight excluding hydrogens is 191 g/mol. The van der Waals surface area contributed by atoms with Gasteiger partial charge in [-0.3, -0.25) is 4.99 Å². The second-order valence-corrected chi connectivity index (χ2v) is 2.21. The zero-order chi connectivity index (χ0) is 4.41. The molecule has 0 unspecified atom stereocenters. The number of rotatable bonds is 0. The summed E-state index contributed by atoms with van der Waals surface area (Å²) < 4.78 is 1.08. The van der Waals surface area contributed by atoms with Gasteiger partial charge in [-0.1, -0.05) is 0 Å². The van der Waals surface area contributed by atoms with Crippen molar-refractivity contribution < 1.29 is 0 Å². The van der Waals surface area contributed by atoms with E-state index in [0.29, 0.717) is 0 Å². The Morgan fingerprint density at radius 3 is 2.83 bits per heavy atom. The molecule has 0 spiro atoms. The van der Waals surface area contributed by atoms with Crippen LogP contribution in [0.4, 0.5) is 0 Å². The van der Waals surface area contributed by atoms with Crippen LogP contribution in [0.5, 0.6) is 0 Å². The molecule has 0 bridgehead atoms. The Kier molecular flexibility index (Phi) is 1.19. The van der Waals surface area contributed by atoms with Crippen molar-refractivity contribution in [2.24, 2.45) is 9.98 Å². The molecule has 3 heteroatoms. The summed E-state index contributed by atoms with van der Waals surface area (Å²) in [6.07, 6.45) is 1.59. The van der Waals surface area contributed by atoms with Gasteiger partial charge in [-0.2, -0.15) is 0 Å². The Morgan fingerprint density at radius 2 is 2.67 bits per heavy atom. The highest BCUT2D eigenvalue weighted by Gasteiger charge is 1.91. The molecule has 6 heavy (non-hydrogen) atoms. The van der Waals surface area contributed by atoms with E-state index in [2.05, 4.69) is 32.6 Å². The molecule has 32 valence electrons. The number of halogens is 1. The highest BCUT2D eigenvalue weighted by atomic mass is 127. The summed E-state index contributed by atoms with van der Waals surface area (Å²) in [4.78, 5) is 7.68. The number of nitrogens with zero attached hydrogens (tertiary/aromatic N) is 2. The predicted octanol–water partition coefficient (Wildman–Crippen LogP) is 0.862. The molecule has 0 saturated carbocycles. The fraction of sp³-hybridized carbons (Fsp3) is 0.333. The van der Waals surface area contributed by atoms with E-state index in [1.54, 1.807) is 6.34 Å². The average Bonchev–Trinajstić information content (AvgIpc) is 1.86. The van der Waals surface area contributed by atoms with Crippen LogP contribution in [-0.4, -0.2) is 16.6 Å². The molecule has 1 aliphatic heterocycles. The van der Waals surface area contributed by atoms with Crippen molar-refractivity contribution >= 4 is 32.6 Å². The van der Waals surface area contributed by atoms with Crippen LogP contribution < -0.4 is 0 Å². The summed E-state index contributed by atoms with van der Waals surface area (Å²) in [5.41, 5.74) is 0. The summed E-state index contributed by atoms with van der Waals surface area (Å²) in [6.45, 7) is 0.792. The van der Waals surface area contributed by atoms with Crippen molar-refractivity contribution in [3.8, 4) is 0 Å². The minimum atomic E-state index is 0.792. The Labute approximate surface area is 49.5 Å². The maximum Gasteiger partial charge on any atom is 0.111 e. The van der Waals surface area contributed by atoms with Gasteiger partial charge in [0.25, 0.3) is 0 Å². The van der Waals surface area contributed by atoms with Gasteiger partial charge in [0, 0.05) is 0 Å². The lowest BCUT2D eigenvalue weighted by molar-refractivity contribution is 1.38. The molecule has 0 aliphatic carbocycles. The third kappa shape index (κ3) is 0.767. The molecule has 0 fully saturated rings. The first-order valence-corrected chi connectivity index (χ1v) is 2.68. The Morgan fingerprint density at radius 1 is 1.83 bits per heavy atom. The molecule has 0 atom stereocenters. The predicted molar refractivity (Wildman–Crippen MR) is 34.8 cm³/mol. The van der Waals surface area contributed by atoms with E-state index in [4.69, 9.17) is 0 Å². The van der Waals surface area contributed by atoms with Crippen molar-refractivity contribution in [3.05, 3.63) is 0 Å². The van der Waals surface area contributed by atoms with E-state index >= 15 is 0 Å². The summed E-state index contributed by atoms with van der Waals surface area (Å²) >= 11 is 2.16. The van der Waals surface area contributed by atoms with E-state index in [1.165, 1.54) is 0 Å². The van der Waals surface area contributed by atoms with Crippen molar-refractivity contribution in [3.63, 3.8) is 0 Å². The molecule has 0 amide bonds. The van der Waals surface area contributed by atoms with Crippen LogP contribution >= 0.6 is 22.6 Å². The summed E-state index contributed by atoms with van der Waals surface area (Å²) in [5, 5.41) is 0. The summed E-state index contributed by atoms with van der Waals surface area (Å²) in [5.74, 6) is 0. The third-order valence-corrected chi connectivity index (χ3v) is 1.12. The lowest BCUT2D eigenvalue weighted by Crippen LogP contribution is -1.81. The van der Waals surface area contributed by atoms with Crippen molar-refractivity contribution in [1.29, 1.82) is 0 Å². The van der Waals surface area contributed by atoms with E-state index in [0.717, 1.165) is 10.3 Å². The van der Waals surface area contributed by atoms with Crippen LogP contribution in [0, 0.1) is 0 Å². The first-order chi connectivity index (χ1) is 2.89. The number of aliphatic imine (C=N–C) groups is 2. The molecular formula is C3H3IN2. The van der Waals surface area contributed by atoms with E-state index in [1.807, 2.05) is 0 Å². The van der Waals surface area contributed by atoms with Gasteiger partial charge in [-0.05, 0) is 22.6 Å². The zero-order valence-corrected chi connectivity index (χ0v) is 5.21. The lowest BCUT2D eigenvalue weighted by Gasteiger charge is -1.72. The minimum Gasteiger partial charge on any atom is -0.267 e. The lowest BCUT2D eigenvalue weighted by atomic mass is 10.8. The van der Waals surface area contributed by atoms with Crippen molar-refractivity contribution in [2.45, 2.75) is 0 Å². The molecule has 0 aromatic carbocycles. The largest absolute Gasteiger partial charge is 0.267 e. The van der Waals surface area contributed by atoms with Crippen molar-refractivity contribution in [1.82, 2.24) is 0 Å². The maximum absolute atomic E-state index is 3.85. The molecule has 0 radical (unpaired) electrons. The van der Waals surface area contributed by atoms with Gasteiger partial charge in [-0.25, -0.2) is 4.99 Å². The highest BCUT2D eigenvalue weighted by Crippen LogP contribution is 1.94. The first-order valence-electron chi connectivity index (χ1n) is 1.60. The standard InChI is InChI=1S/C3H3IN2/c4-3-1-5-2-6-3/h2H,1H2. The van der Waals surface area contributed by atoms with Gasteiger partial charge in [0.2, 0.25) is 0 Å². The summed E-state index contributed by atoms with van der Waals surface area (Å²) in [7, 11) is 0. The minimum absolute atomic E-state index is 0.792. The van der Waals surface area contributed by atoms with Crippen LogP contribution in [0.25, 0.3) is 0 Å². The first kappa shape index (κ1) is 4.23. The zero-order valence-electron chi connectivity index (χ0n) is 3.06. The topological polar surface area (TPSA) is 24.7 Å². The van der Waals surface area contributed by atoms with Crippen LogP contribution in [0.3, 0.4) is 0 Å². The average molecular weight is 194 g/mol. The quantitative estimate of drug-likeness (QED) is 0.511. The maximum atomic E-state index is 3.85. The normalized spacial score (nSPS) is 18.5. The molecule has 0 saturated heterocycles. The van der Waals surface area contributed by atoms with Gasteiger partial charge < -0.3 is 0 Å². The smallest absolute Gasteiger partial charge is 0.111 e. The second-order valence-electron chi connectivity index (χ2n) is 0.962. The second kappa shape index (κ2) is 1.68. The van der Waals surface area contributed by atoms with Gasteiger partial charge in [-0.15, -0.1) is 0 Å². The molecule has 1 rings (SSSR count). The number of hydrogen-bond donors (Lipinski definition) is 0. The monoisotopic (exact) mass is 194 g/mol. The van der Waals surface area contributed by atoms with Crippen LogP contribution in [-0.2, 0) is 0 Å². The Balaban J connectivity index is 2.61. The fourth-order valence-electron chi connectivity index (χ4n) is 0.260. The van der Waals surface area contributed by atoms with Crippen LogP contribution in [0.15, 0.2) is 9.98 Å². The van der Waals surface area contributed by atoms with Gasteiger partial charge in [0.15, 0.2) is 0 Å². The summed E-state index contributed by atoms with van der Waals surface area (Å²) in [6, 6.07) is 0. The Hall–Kier alpha value is 0.0700. The molecule has 2 nitrogen and oxygen atoms in total. The van der Waals surface area contributed by atoms with E-state index in [9.17, 15) is 0 Å². The third-order valence-electron chi connectivity index (χ3n) is 0.501. The van der Waals surface area contributed by atoms with E-state index < -0.39 is 0 Å². The fourth-order valence-corrected chi connectivity index (χ4v) is 0.582. The molecule has 0 aromatic rings. The molecule has 0 N–H and O–H groups in total. The van der Waals surface area contributed by atoms with Crippen molar-refractivity contribution in [2.75, 3.05) is 6.54 Å². The van der Waals surface area contributed by atoms with Crippen LogP contribution in [0.2, 0.25) is 0 Å². The molecule has 1 aliphatic rings. The Bertz CT molecular complexity index is 105. The van der Waals surface area contributed by atoms with E-state index in [-0.39, 0.29) is 0 Å². The number of hydrogen-bond acceptors (Lipinski definition) is 2. The van der Waals surface area contributed by atoms with Gasteiger partial charge >= 0.3 is 0 Å². The van der Waals surface area contributed by atoms with Gasteiger partial charge in [0.1, 0.15) is 10.1 Å². The SMILES string of the molecule is IC1=NC=NC1. The molecule has 0 aromatic heterocycles.